The van der Waals surface area contributed by atoms with Crippen LogP contribution in [0.25, 0.3) is 0 Å². The highest BCUT2D eigenvalue weighted by molar-refractivity contribution is 7.55. The maximum atomic E-state index is 13.2. The number of hydrogen-bond donors (Lipinski definition) is 0. The summed E-state index contributed by atoms with van der Waals surface area (Å²) in [6.07, 6.45) is 7.54. The maximum absolute atomic E-state index is 13.2. The van der Waals surface area contributed by atoms with Crippen molar-refractivity contribution in [2.45, 2.75) is 137 Å². The summed E-state index contributed by atoms with van der Waals surface area (Å²) in [7, 11) is -5.64. The number of ether oxygens (including phenoxy) is 1. The van der Waals surface area contributed by atoms with Gasteiger partial charge in [0.1, 0.15) is 17.5 Å². The van der Waals surface area contributed by atoms with Crippen LogP contribution in [0.1, 0.15) is 102 Å². The van der Waals surface area contributed by atoms with Gasteiger partial charge in [0.05, 0.1) is 18.8 Å². The Labute approximate surface area is 240 Å². The average Bonchev–Trinajstić information content (AvgIpc) is 2.89. The zero-order valence-corrected chi connectivity index (χ0v) is 28.5. The smallest absolute Gasteiger partial charge is 0.340 e. The molecular formula is C30H57O7PSi. The molecule has 0 aromatic heterocycles. The van der Waals surface area contributed by atoms with Gasteiger partial charge in [-0.3, -0.25) is 9.36 Å². The van der Waals surface area contributed by atoms with Gasteiger partial charge in [0.25, 0.3) is 0 Å². The molecule has 0 spiro atoms. The lowest BCUT2D eigenvalue weighted by Gasteiger charge is -2.39. The van der Waals surface area contributed by atoms with E-state index in [1.54, 1.807) is 26.8 Å². The van der Waals surface area contributed by atoms with Crippen LogP contribution in [0, 0.1) is 5.92 Å². The van der Waals surface area contributed by atoms with Crippen molar-refractivity contribution in [1.82, 2.24) is 0 Å². The first kappa shape index (κ1) is 37.9. The highest BCUT2D eigenvalue weighted by Gasteiger charge is 2.40. The standard InChI is InChI=1S/C30H57O7PSi/c1-12-34-38(33,35-13-2)27(10)28(31)20-22-30(11,37-39(14-3,15-4)16-5)23-21-29(32)36-26(9)25(8)19-17-18-24(6)7/h18,21,23,25-27H,12-17,19-20,22H2,1-11H3/b23-21+/t25-,26+,27?,30+/m0/s1. The van der Waals surface area contributed by atoms with Crippen LogP contribution >= 0.6 is 7.60 Å². The van der Waals surface area contributed by atoms with Crippen LogP contribution in [0.5, 0.6) is 0 Å². The third-order valence-electron chi connectivity index (χ3n) is 7.66. The average molecular weight is 589 g/mol. The Morgan fingerprint density at radius 1 is 0.949 bits per heavy atom. The Bertz CT molecular complexity index is 830. The molecule has 0 amide bonds. The summed E-state index contributed by atoms with van der Waals surface area (Å²) >= 11 is 0. The first-order valence-corrected chi connectivity index (χ1v) is 19.0. The topological polar surface area (TPSA) is 88.1 Å². The van der Waals surface area contributed by atoms with Crippen LogP contribution in [0.4, 0.5) is 0 Å². The van der Waals surface area contributed by atoms with Crippen molar-refractivity contribution in [2.24, 2.45) is 5.92 Å². The molecule has 228 valence electrons. The summed E-state index contributed by atoms with van der Waals surface area (Å²) in [6, 6.07) is 2.80. The lowest BCUT2D eigenvalue weighted by molar-refractivity contribution is -0.144. The van der Waals surface area contributed by atoms with E-state index in [2.05, 4.69) is 47.6 Å². The van der Waals surface area contributed by atoms with E-state index in [9.17, 15) is 14.2 Å². The predicted molar refractivity (Wildman–Crippen MR) is 164 cm³/mol. The number of Topliss-reactive ketones (excluding diaryl/α,β-unsaturated/α-hetero) is 1. The van der Waals surface area contributed by atoms with Crippen LogP contribution in [-0.4, -0.2) is 50.6 Å². The highest BCUT2D eigenvalue weighted by atomic mass is 31.2. The highest BCUT2D eigenvalue weighted by Crippen LogP contribution is 2.53. The van der Waals surface area contributed by atoms with E-state index in [-0.39, 0.29) is 37.4 Å². The van der Waals surface area contributed by atoms with Crippen molar-refractivity contribution in [1.29, 1.82) is 0 Å². The van der Waals surface area contributed by atoms with E-state index in [1.807, 2.05) is 13.8 Å². The molecule has 0 aliphatic heterocycles. The Kier molecular flexibility index (Phi) is 17.9. The van der Waals surface area contributed by atoms with Gasteiger partial charge in [-0.2, -0.15) is 0 Å². The molecule has 7 nitrogen and oxygen atoms in total. The lowest BCUT2D eigenvalue weighted by Crippen LogP contribution is -2.45. The van der Waals surface area contributed by atoms with Gasteiger partial charge in [0, 0.05) is 12.5 Å². The first-order chi connectivity index (χ1) is 18.2. The number of carbonyl (C=O) groups excluding carboxylic acids is 2. The second kappa shape index (κ2) is 18.4. The van der Waals surface area contributed by atoms with E-state index < -0.39 is 33.1 Å². The SMILES string of the molecule is CCOP(=O)(OCC)C(C)C(=O)CC[C@](C)(/C=C/C(=O)O[C@H](C)[C@@H](C)CCC=C(C)C)O[Si](CC)(CC)CC. The summed E-state index contributed by atoms with van der Waals surface area (Å²) in [5, 5.41) is 0. The molecule has 0 aromatic rings. The van der Waals surface area contributed by atoms with Gasteiger partial charge < -0.3 is 18.2 Å². The number of hydrogen-bond acceptors (Lipinski definition) is 7. The molecule has 0 aliphatic rings. The molecule has 1 unspecified atom stereocenters. The Balaban J connectivity index is 5.71. The summed E-state index contributed by atoms with van der Waals surface area (Å²) in [6.45, 7) is 22.0. The van der Waals surface area contributed by atoms with Gasteiger partial charge in [0.2, 0.25) is 0 Å². The van der Waals surface area contributed by atoms with Crippen LogP contribution in [0.2, 0.25) is 18.1 Å². The van der Waals surface area contributed by atoms with Crippen LogP contribution in [0.15, 0.2) is 23.8 Å². The second-order valence-electron chi connectivity index (χ2n) is 11.0. The normalized spacial score (nSPS) is 16.4. The summed E-state index contributed by atoms with van der Waals surface area (Å²) in [5.74, 6) is -0.395. The van der Waals surface area contributed by atoms with Crippen molar-refractivity contribution >= 4 is 27.7 Å². The van der Waals surface area contributed by atoms with Gasteiger partial charge >= 0.3 is 13.6 Å². The fourth-order valence-electron chi connectivity index (χ4n) is 4.46. The van der Waals surface area contributed by atoms with Gasteiger partial charge in [-0.15, -0.1) is 0 Å². The monoisotopic (exact) mass is 588 g/mol. The summed E-state index contributed by atoms with van der Waals surface area (Å²) in [5.41, 5.74) is -0.441. The molecule has 9 heteroatoms. The van der Waals surface area contributed by atoms with Crippen molar-refractivity contribution in [3.05, 3.63) is 23.8 Å². The Morgan fingerprint density at radius 3 is 1.95 bits per heavy atom. The molecule has 0 radical (unpaired) electrons. The summed E-state index contributed by atoms with van der Waals surface area (Å²) < 4.78 is 36.5. The number of carbonyl (C=O) groups is 2. The van der Waals surface area contributed by atoms with E-state index >= 15 is 0 Å². The lowest BCUT2D eigenvalue weighted by atomic mass is 9.97. The molecule has 39 heavy (non-hydrogen) atoms. The molecule has 0 saturated carbocycles. The van der Waals surface area contributed by atoms with Crippen molar-refractivity contribution in [3.8, 4) is 0 Å². The number of esters is 1. The quantitative estimate of drug-likeness (QED) is 0.0436. The molecule has 0 rings (SSSR count). The van der Waals surface area contributed by atoms with E-state index in [0.29, 0.717) is 6.42 Å². The fraction of sp³-hybridized carbons (Fsp3) is 0.800. The minimum atomic E-state index is -3.55. The van der Waals surface area contributed by atoms with Crippen LogP contribution in [-0.2, 0) is 32.4 Å². The minimum absolute atomic E-state index is 0.126. The Hall–Kier alpha value is -1.05. The van der Waals surface area contributed by atoms with E-state index in [0.717, 1.165) is 31.0 Å². The van der Waals surface area contributed by atoms with Crippen molar-refractivity contribution in [2.75, 3.05) is 13.2 Å². The second-order valence-corrected chi connectivity index (χ2v) is 18.0. The zero-order chi connectivity index (χ0) is 30.3. The van der Waals surface area contributed by atoms with Gasteiger partial charge in [0.15, 0.2) is 8.32 Å². The third kappa shape index (κ3) is 13.4. The van der Waals surface area contributed by atoms with Crippen molar-refractivity contribution < 1.29 is 32.4 Å². The van der Waals surface area contributed by atoms with Crippen molar-refractivity contribution in [3.63, 3.8) is 0 Å². The molecule has 0 heterocycles. The summed E-state index contributed by atoms with van der Waals surface area (Å²) in [4.78, 5) is 25.9. The number of rotatable bonds is 21. The molecule has 4 atom stereocenters. The van der Waals surface area contributed by atoms with Gasteiger partial charge in [-0.25, -0.2) is 4.79 Å². The molecule has 0 fully saturated rings. The molecule has 0 aliphatic carbocycles. The molecule has 0 aromatic carbocycles. The zero-order valence-electron chi connectivity index (χ0n) is 26.6. The van der Waals surface area contributed by atoms with E-state index in [1.165, 1.54) is 11.6 Å². The third-order valence-corrected chi connectivity index (χ3v) is 14.9. The first-order valence-electron chi connectivity index (χ1n) is 14.8. The van der Waals surface area contributed by atoms with Crippen LogP contribution < -0.4 is 0 Å². The number of allylic oxidation sites excluding steroid dienone is 2. The molecule has 0 saturated heterocycles. The molecular weight excluding hydrogens is 531 g/mol. The van der Waals surface area contributed by atoms with Gasteiger partial charge in [-0.05, 0) is 97.9 Å². The molecule has 0 N–H and O–H groups in total. The maximum Gasteiger partial charge on any atom is 0.340 e. The minimum Gasteiger partial charge on any atom is -0.459 e. The largest absolute Gasteiger partial charge is 0.459 e. The van der Waals surface area contributed by atoms with Gasteiger partial charge in [-0.1, -0.05) is 39.3 Å². The number of ketones is 1. The molecule has 0 bridgehead atoms. The van der Waals surface area contributed by atoms with E-state index in [4.69, 9.17) is 18.2 Å². The van der Waals surface area contributed by atoms with Crippen LogP contribution in [0.3, 0.4) is 0 Å². The fourth-order valence-corrected chi connectivity index (χ4v) is 9.28. The predicted octanol–water partition coefficient (Wildman–Crippen LogP) is 8.64. The Morgan fingerprint density at radius 2 is 1.49 bits per heavy atom.